The number of aromatic nitrogens is 2. The Bertz CT molecular complexity index is 578. The van der Waals surface area contributed by atoms with Gasteiger partial charge in [0.15, 0.2) is 0 Å². The highest BCUT2D eigenvalue weighted by atomic mass is 79.9. The maximum Gasteiger partial charge on any atom is 0.123 e. The summed E-state index contributed by atoms with van der Waals surface area (Å²) in [6.45, 7) is 7.21. The molecule has 0 aliphatic heterocycles. The summed E-state index contributed by atoms with van der Waals surface area (Å²) in [5.41, 5.74) is 2.96. The first-order chi connectivity index (χ1) is 9.49. The summed E-state index contributed by atoms with van der Waals surface area (Å²) in [5, 5.41) is 5.18. The van der Waals surface area contributed by atoms with Gasteiger partial charge in [0.05, 0.1) is 22.4 Å². The van der Waals surface area contributed by atoms with Crippen molar-refractivity contribution in [2.45, 2.75) is 32.6 Å². The van der Waals surface area contributed by atoms with Crippen molar-refractivity contribution >= 4 is 27.7 Å². The molecule has 0 atom stereocenters. The molecular formula is C15H18BrFN2S. The third-order valence-electron chi connectivity index (χ3n) is 2.93. The first kappa shape index (κ1) is 15.6. The van der Waals surface area contributed by atoms with Gasteiger partial charge in [-0.3, -0.25) is 4.68 Å². The van der Waals surface area contributed by atoms with E-state index >= 15 is 0 Å². The van der Waals surface area contributed by atoms with Crippen LogP contribution in [0.5, 0.6) is 0 Å². The summed E-state index contributed by atoms with van der Waals surface area (Å²) in [5.74, 6) is 0.794. The van der Waals surface area contributed by atoms with Gasteiger partial charge in [-0.25, -0.2) is 4.39 Å². The molecule has 2 rings (SSSR count). The largest absolute Gasteiger partial charge is 0.263 e. The van der Waals surface area contributed by atoms with Crippen molar-refractivity contribution in [3.05, 3.63) is 40.2 Å². The second kappa shape index (κ2) is 6.76. The van der Waals surface area contributed by atoms with Gasteiger partial charge < -0.3 is 0 Å². The van der Waals surface area contributed by atoms with E-state index in [0.717, 1.165) is 33.7 Å². The number of aryl methyl sites for hydroxylation is 2. The van der Waals surface area contributed by atoms with Crippen molar-refractivity contribution in [2.24, 2.45) is 0 Å². The molecule has 0 bridgehead atoms. The molecule has 0 aliphatic carbocycles. The van der Waals surface area contributed by atoms with E-state index in [1.807, 2.05) is 23.4 Å². The minimum atomic E-state index is -0.219. The number of nitrogens with zero attached hydrogens (tertiary/aromatic N) is 2. The van der Waals surface area contributed by atoms with Crippen LogP contribution in [0.25, 0.3) is 11.3 Å². The van der Waals surface area contributed by atoms with Crippen LogP contribution in [0.2, 0.25) is 0 Å². The van der Waals surface area contributed by atoms with Gasteiger partial charge in [0.2, 0.25) is 0 Å². The van der Waals surface area contributed by atoms with Gasteiger partial charge in [-0.05, 0) is 52.4 Å². The molecule has 108 valence electrons. The fourth-order valence-corrected chi connectivity index (χ4v) is 3.24. The van der Waals surface area contributed by atoms with Crippen molar-refractivity contribution in [2.75, 3.05) is 5.75 Å². The Balaban J connectivity index is 2.29. The molecule has 20 heavy (non-hydrogen) atoms. The second-order valence-corrected chi connectivity index (χ2v) is 7.37. The lowest BCUT2D eigenvalue weighted by Crippen LogP contribution is -2.06. The van der Waals surface area contributed by atoms with Crippen LogP contribution in [0.1, 0.15) is 19.5 Å². The smallest absolute Gasteiger partial charge is 0.123 e. The van der Waals surface area contributed by atoms with Gasteiger partial charge in [-0.2, -0.15) is 16.9 Å². The maximum atomic E-state index is 13.1. The molecule has 1 aromatic heterocycles. The minimum Gasteiger partial charge on any atom is -0.263 e. The summed E-state index contributed by atoms with van der Waals surface area (Å²) < 4.78 is 16.0. The van der Waals surface area contributed by atoms with Crippen LogP contribution in [0.3, 0.4) is 0 Å². The topological polar surface area (TPSA) is 17.8 Å². The van der Waals surface area contributed by atoms with E-state index in [4.69, 9.17) is 0 Å². The molecule has 0 radical (unpaired) electrons. The molecule has 0 saturated carbocycles. The molecule has 0 unspecified atom stereocenters. The first-order valence-electron chi connectivity index (χ1n) is 6.59. The van der Waals surface area contributed by atoms with Gasteiger partial charge >= 0.3 is 0 Å². The number of benzene rings is 1. The molecular weight excluding hydrogens is 339 g/mol. The van der Waals surface area contributed by atoms with E-state index in [1.165, 1.54) is 12.1 Å². The van der Waals surface area contributed by atoms with E-state index in [1.54, 1.807) is 12.1 Å². The summed E-state index contributed by atoms with van der Waals surface area (Å²) in [7, 11) is 0. The van der Waals surface area contributed by atoms with Crippen LogP contribution in [0.4, 0.5) is 4.39 Å². The third-order valence-corrected chi connectivity index (χ3v) is 4.96. The van der Waals surface area contributed by atoms with Gasteiger partial charge in [0.25, 0.3) is 0 Å². The lowest BCUT2D eigenvalue weighted by molar-refractivity contribution is 0.627. The zero-order chi connectivity index (χ0) is 14.7. The molecule has 0 fully saturated rings. The SMILES string of the molecule is Cc1nn(CCSC(C)C)c(-c2ccc(F)cc2)c1Br. The number of hydrogen-bond acceptors (Lipinski definition) is 2. The Kier molecular flexibility index (Phi) is 5.27. The predicted octanol–water partition coefficient (Wildman–Crippen LogP) is 4.90. The summed E-state index contributed by atoms with van der Waals surface area (Å²) in [4.78, 5) is 0. The Labute approximate surface area is 131 Å². The Morgan fingerprint density at radius 2 is 1.95 bits per heavy atom. The average molecular weight is 357 g/mol. The van der Waals surface area contributed by atoms with E-state index < -0.39 is 0 Å². The second-order valence-electron chi connectivity index (χ2n) is 4.90. The first-order valence-corrected chi connectivity index (χ1v) is 8.43. The van der Waals surface area contributed by atoms with Crippen molar-refractivity contribution in [1.29, 1.82) is 0 Å². The van der Waals surface area contributed by atoms with Crippen LogP contribution in [0, 0.1) is 12.7 Å². The fraction of sp³-hybridized carbons (Fsp3) is 0.400. The number of rotatable bonds is 5. The minimum absolute atomic E-state index is 0.219. The molecule has 2 nitrogen and oxygen atoms in total. The fourth-order valence-electron chi connectivity index (χ4n) is 1.98. The average Bonchev–Trinajstić information content (AvgIpc) is 2.66. The lowest BCUT2D eigenvalue weighted by atomic mass is 10.1. The molecule has 0 spiro atoms. The Morgan fingerprint density at radius 1 is 1.30 bits per heavy atom. The zero-order valence-electron chi connectivity index (χ0n) is 11.9. The standard InChI is InChI=1S/C15H18BrFN2S/c1-10(2)20-9-8-19-15(14(16)11(3)18-19)12-4-6-13(17)7-5-12/h4-7,10H,8-9H2,1-3H3. The molecule has 0 aliphatic rings. The Morgan fingerprint density at radius 3 is 2.55 bits per heavy atom. The van der Waals surface area contributed by atoms with Crippen molar-refractivity contribution in [1.82, 2.24) is 9.78 Å². The van der Waals surface area contributed by atoms with Crippen molar-refractivity contribution in [3.8, 4) is 11.3 Å². The van der Waals surface area contributed by atoms with E-state index in [-0.39, 0.29) is 5.82 Å². The predicted molar refractivity (Wildman–Crippen MR) is 87.7 cm³/mol. The quantitative estimate of drug-likeness (QED) is 0.757. The van der Waals surface area contributed by atoms with Crippen LogP contribution in [-0.4, -0.2) is 20.8 Å². The molecule has 2 aromatic rings. The molecule has 5 heteroatoms. The van der Waals surface area contributed by atoms with E-state index in [0.29, 0.717) is 5.25 Å². The van der Waals surface area contributed by atoms with E-state index in [2.05, 4.69) is 34.9 Å². The number of hydrogen-bond donors (Lipinski definition) is 0. The third kappa shape index (κ3) is 3.64. The van der Waals surface area contributed by atoms with Gasteiger partial charge in [-0.1, -0.05) is 13.8 Å². The summed E-state index contributed by atoms with van der Waals surface area (Å²) in [6, 6.07) is 6.56. The summed E-state index contributed by atoms with van der Waals surface area (Å²) in [6.07, 6.45) is 0. The van der Waals surface area contributed by atoms with Gasteiger partial charge in [-0.15, -0.1) is 0 Å². The zero-order valence-corrected chi connectivity index (χ0v) is 14.3. The lowest BCUT2D eigenvalue weighted by Gasteiger charge is -2.09. The molecule has 1 aromatic carbocycles. The van der Waals surface area contributed by atoms with E-state index in [9.17, 15) is 4.39 Å². The van der Waals surface area contributed by atoms with Crippen molar-refractivity contribution in [3.63, 3.8) is 0 Å². The normalized spacial score (nSPS) is 11.3. The molecule has 0 saturated heterocycles. The maximum absolute atomic E-state index is 13.1. The van der Waals surface area contributed by atoms with Gasteiger partial charge in [0, 0.05) is 11.3 Å². The highest BCUT2D eigenvalue weighted by Crippen LogP contribution is 2.31. The Hall–Kier alpha value is -0.810. The highest BCUT2D eigenvalue weighted by molar-refractivity contribution is 9.10. The molecule has 1 heterocycles. The van der Waals surface area contributed by atoms with Crippen LogP contribution >= 0.6 is 27.7 Å². The monoisotopic (exact) mass is 356 g/mol. The molecule has 0 amide bonds. The summed E-state index contributed by atoms with van der Waals surface area (Å²) >= 11 is 5.50. The number of halogens is 2. The van der Waals surface area contributed by atoms with Crippen LogP contribution < -0.4 is 0 Å². The van der Waals surface area contributed by atoms with Crippen molar-refractivity contribution < 1.29 is 4.39 Å². The molecule has 0 N–H and O–H groups in total. The van der Waals surface area contributed by atoms with Crippen LogP contribution in [0.15, 0.2) is 28.7 Å². The highest BCUT2D eigenvalue weighted by Gasteiger charge is 2.15. The van der Waals surface area contributed by atoms with Crippen LogP contribution in [-0.2, 0) is 6.54 Å². The number of thioether (sulfide) groups is 1. The van der Waals surface area contributed by atoms with Gasteiger partial charge in [0.1, 0.15) is 5.82 Å².